The second-order valence-corrected chi connectivity index (χ2v) is 3.23. The molecule has 0 amide bonds. The molecule has 1 aromatic rings. The molecule has 0 spiro atoms. The van der Waals surface area contributed by atoms with Crippen molar-refractivity contribution in [2.24, 2.45) is 0 Å². The van der Waals surface area contributed by atoms with E-state index < -0.39 is 17.9 Å². The van der Waals surface area contributed by atoms with Crippen LogP contribution in [-0.4, -0.2) is 22.2 Å². The minimum atomic E-state index is -1.34. The molecule has 0 fully saturated rings. The molecule has 16 heavy (non-hydrogen) atoms. The van der Waals surface area contributed by atoms with Gasteiger partial charge in [0.05, 0.1) is 23.1 Å². The van der Waals surface area contributed by atoms with E-state index in [9.17, 15) is 9.59 Å². The summed E-state index contributed by atoms with van der Waals surface area (Å²) in [4.78, 5) is 21.8. The van der Waals surface area contributed by atoms with E-state index in [0.717, 1.165) is 0 Å². The van der Waals surface area contributed by atoms with Crippen LogP contribution in [0, 0.1) is 11.3 Å². The van der Waals surface area contributed by atoms with E-state index in [1.807, 2.05) is 6.07 Å². The number of nitrogens with zero attached hydrogens (tertiary/aromatic N) is 1. The summed E-state index contributed by atoms with van der Waals surface area (Å²) < 4.78 is 0. The van der Waals surface area contributed by atoms with Gasteiger partial charge in [0, 0.05) is 0 Å². The molecule has 5 nitrogen and oxygen atoms in total. The van der Waals surface area contributed by atoms with Crippen LogP contribution in [0.3, 0.4) is 0 Å². The monoisotopic (exact) mass is 219 g/mol. The van der Waals surface area contributed by atoms with Gasteiger partial charge in [-0.2, -0.15) is 5.26 Å². The third kappa shape index (κ3) is 2.01. The summed E-state index contributed by atoms with van der Waals surface area (Å²) in [7, 11) is 0. The Kier molecular flexibility index (Phi) is 3.26. The van der Waals surface area contributed by atoms with Crippen LogP contribution < -0.4 is 0 Å². The molecule has 1 atom stereocenters. The van der Waals surface area contributed by atoms with E-state index >= 15 is 0 Å². The normalized spacial score (nSPS) is 11.5. The molecule has 0 aliphatic rings. The maximum atomic E-state index is 11.0. The first kappa shape index (κ1) is 11.7. The van der Waals surface area contributed by atoms with E-state index in [2.05, 4.69) is 0 Å². The van der Waals surface area contributed by atoms with Crippen molar-refractivity contribution in [3.8, 4) is 6.07 Å². The Bertz CT molecular complexity index is 487. The first-order valence-electron chi connectivity index (χ1n) is 4.48. The van der Waals surface area contributed by atoms with E-state index in [0.29, 0.717) is 0 Å². The van der Waals surface area contributed by atoms with Crippen LogP contribution in [0.25, 0.3) is 0 Å². The summed E-state index contributed by atoms with van der Waals surface area (Å²) in [6.45, 7) is 1.52. The summed E-state index contributed by atoms with van der Waals surface area (Å²) in [6, 6.07) is 5.97. The fourth-order valence-corrected chi connectivity index (χ4v) is 1.42. The lowest BCUT2D eigenvalue weighted by molar-refractivity contribution is 0.0650. The summed E-state index contributed by atoms with van der Waals surface area (Å²) in [5.74, 6) is -3.31. The lowest BCUT2D eigenvalue weighted by atomic mass is 9.93. The van der Waals surface area contributed by atoms with Crippen LogP contribution in [0.15, 0.2) is 18.2 Å². The Morgan fingerprint density at radius 1 is 1.31 bits per heavy atom. The molecule has 1 rings (SSSR count). The van der Waals surface area contributed by atoms with Gasteiger partial charge in [-0.1, -0.05) is 12.1 Å². The zero-order valence-electron chi connectivity index (χ0n) is 8.47. The Hall–Kier alpha value is -2.35. The number of carboxylic acids is 2. The van der Waals surface area contributed by atoms with Crippen LogP contribution in [0.2, 0.25) is 0 Å². The lowest BCUT2D eigenvalue weighted by Crippen LogP contribution is -2.12. The molecular formula is C11H9NO4. The van der Waals surface area contributed by atoms with E-state index in [1.165, 1.54) is 25.1 Å². The molecule has 0 aliphatic heterocycles. The predicted octanol–water partition coefficient (Wildman–Crippen LogP) is 1.71. The highest BCUT2D eigenvalue weighted by molar-refractivity contribution is 6.02. The zero-order valence-corrected chi connectivity index (χ0v) is 8.47. The number of hydrogen-bond acceptors (Lipinski definition) is 3. The van der Waals surface area contributed by atoms with Crippen LogP contribution >= 0.6 is 0 Å². The maximum absolute atomic E-state index is 11.0. The van der Waals surface area contributed by atoms with Gasteiger partial charge in [-0.15, -0.1) is 0 Å². The molecule has 0 bridgehead atoms. The standard InChI is InChI=1S/C11H9NO4/c1-6(5-12)7-3-2-4-8(10(13)14)9(7)11(15)16/h2-4,6H,1H3,(H,13,14)(H,15,16). The molecule has 0 aromatic heterocycles. The lowest BCUT2D eigenvalue weighted by Gasteiger charge is -2.09. The smallest absolute Gasteiger partial charge is 0.336 e. The van der Waals surface area contributed by atoms with Crippen molar-refractivity contribution in [1.82, 2.24) is 0 Å². The number of nitriles is 1. The number of aromatic carboxylic acids is 2. The van der Waals surface area contributed by atoms with Crippen molar-refractivity contribution in [1.29, 1.82) is 5.26 Å². The summed E-state index contributed by atoms with van der Waals surface area (Å²) in [5, 5.41) is 26.5. The molecule has 0 heterocycles. The van der Waals surface area contributed by atoms with E-state index in [4.69, 9.17) is 15.5 Å². The quantitative estimate of drug-likeness (QED) is 0.806. The number of carbonyl (C=O) groups is 2. The molecule has 1 unspecified atom stereocenters. The van der Waals surface area contributed by atoms with Crippen LogP contribution in [0.5, 0.6) is 0 Å². The van der Waals surface area contributed by atoms with Gasteiger partial charge >= 0.3 is 11.9 Å². The Labute approximate surface area is 91.6 Å². The van der Waals surface area contributed by atoms with Gasteiger partial charge in [-0.25, -0.2) is 9.59 Å². The van der Waals surface area contributed by atoms with Gasteiger partial charge in [0.25, 0.3) is 0 Å². The number of hydrogen-bond donors (Lipinski definition) is 2. The molecule has 0 aliphatic carbocycles. The average molecular weight is 219 g/mol. The first-order valence-corrected chi connectivity index (χ1v) is 4.48. The first-order chi connectivity index (χ1) is 7.49. The van der Waals surface area contributed by atoms with Crippen LogP contribution in [0.4, 0.5) is 0 Å². The van der Waals surface area contributed by atoms with Crippen molar-refractivity contribution in [3.63, 3.8) is 0 Å². The molecule has 1 aromatic carbocycles. The summed E-state index contributed by atoms with van der Waals surface area (Å²) in [5.41, 5.74) is -0.397. The number of benzene rings is 1. The second kappa shape index (κ2) is 4.45. The molecule has 0 saturated carbocycles. The largest absolute Gasteiger partial charge is 0.478 e. The third-order valence-corrected chi connectivity index (χ3v) is 2.20. The van der Waals surface area contributed by atoms with Crippen molar-refractivity contribution >= 4 is 11.9 Å². The molecule has 2 N–H and O–H groups in total. The second-order valence-electron chi connectivity index (χ2n) is 3.23. The Balaban J connectivity index is 3.52. The predicted molar refractivity (Wildman–Crippen MR) is 54.4 cm³/mol. The fraction of sp³-hybridized carbons (Fsp3) is 0.182. The summed E-state index contributed by atoms with van der Waals surface area (Å²) in [6.07, 6.45) is 0. The van der Waals surface area contributed by atoms with Gasteiger partial charge in [0.1, 0.15) is 0 Å². The van der Waals surface area contributed by atoms with E-state index in [1.54, 1.807) is 0 Å². The van der Waals surface area contributed by atoms with Gasteiger partial charge in [0.2, 0.25) is 0 Å². The zero-order chi connectivity index (χ0) is 12.3. The minimum Gasteiger partial charge on any atom is -0.478 e. The van der Waals surface area contributed by atoms with Crippen molar-refractivity contribution < 1.29 is 19.8 Å². The van der Waals surface area contributed by atoms with Gasteiger partial charge < -0.3 is 10.2 Å². The number of carboxylic acid groups (broad SMARTS) is 2. The summed E-state index contributed by atoms with van der Waals surface area (Å²) >= 11 is 0. The Morgan fingerprint density at radius 3 is 2.38 bits per heavy atom. The highest BCUT2D eigenvalue weighted by Crippen LogP contribution is 2.22. The van der Waals surface area contributed by atoms with Crippen LogP contribution in [-0.2, 0) is 0 Å². The molecular weight excluding hydrogens is 210 g/mol. The topological polar surface area (TPSA) is 98.4 Å². The maximum Gasteiger partial charge on any atom is 0.336 e. The third-order valence-electron chi connectivity index (χ3n) is 2.20. The van der Waals surface area contributed by atoms with Crippen LogP contribution in [0.1, 0.15) is 39.1 Å². The molecule has 0 saturated heterocycles. The van der Waals surface area contributed by atoms with Gasteiger partial charge in [-0.05, 0) is 18.6 Å². The molecule has 5 heteroatoms. The minimum absolute atomic E-state index is 0.218. The molecule has 0 radical (unpaired) electrons. The van der Waals surface area contributed by atoms with E-state index in [-0.39, 0.29) is 16.7 Å². The SMILES string of the molecule is CC(C#N)c1cccc(C(=O)O)c1C(=O)O. The fourth-order valence-electron chi connectivity index (χ4n) is 1.42. The number of rotatable bonds is 3. The molecule has 82 valence electrons. The van der Waals surface area contributed by atoms with Crippen molar-refractivity contribution in [3.05, 3.63) is 34.9 Å². The highest BCUT2D eigenvalue weighted by Gasteiger charge is 2.22. The van der Waals surface area contributed by atoms with Gasteiger partial charge in [-0.3, -0.25) is 0 Å². The van der Waals surface area contributed by atoms with Crippen molar-refractivity contribution in [2.75, 3.05) is 0 Å². The Morgan fingerprint density at radius 2 is 1.94 bits per heavy atom. The van der Waals surface area contributed by atoms with Crippen molar-refractivity contribution in [2.45, 2.75) is 12.8 Å². The van der Waals surface area contributed by atoms with Gasteiger partial charge in [0.15, 0.2) is 0 Å². The average Bonchev–Trinajstić information content (AvgIpc) is 2.26. The highest BCUT2D eigenvalue weighted by atomic mass is 16.4.